The smallest absolute Gasteiger partial charge is 0.326 e. The highest BCUT2D eigenvalue weighted by atomic mass is 32.2. The summed E-state index contributed by atoms with van der Waals surface area (Å²) < 4.78 is 41.2. The number of benzene rings is 2. The lowest BCUT2D eigenvalue weighted by molar-refractivity contribution is -0.136. The third kappa shape index (κ3) is 8.04. The van der Waals surface area contributed by atoms with Crippen LogP contribution in [-0.2, 0) is 35.8 Å². The van der Waals surface area contributed by atoms with Gasteiger partial charge in [-0.1, -0.05) is 0 Å². The summed E-state index contributed by atoms with van der Waals surface area (Å²) in [6, 6.07) is 7.40. The Morgan fingerprint density at radius 3 is 2.49 bits per heavy atom. The van der Waals surface area contributed by atoms with Crippen LogP contribution in [0.5, 0.6) is 5.75 Å². The zero-order chi connectivity index (χ0) is 36.4. The molecule has 15 nitrogen and oxygen atoms in total. The Labute approximate surface area is 293 Å². The van der Waals surface area contributed by atoms with Crippen molar-refractivity contribution in [2.24, 2.45) is 17.8 Å². The number of hydrogen-bond donors (Lipinski definition) is 5. The number of carbonyl (C=O) groups is 6. The standard InChI is InChI=1S/C34H39FN6O9S/c35-26-13-19(14-27(42)31(26)41-18-30(45)39-51(41,49)50)7-11-40-12-8-20(17-40)15-29(44)37-10-9-36-22-3-5-23-25(16-22)33(47)24(32(23)46)4-1-21-2-6-28(43)38-34(21)48/h3,5,13-14,16,20-21,24,36,42H,1-2,4,6-12,15,17-18H2,(H,37,44)(H,39,45)(H,38,43,48)/t20-,21?,24?/m0/s1. The second-order valence-electron chi connectivity index (χ2n) is 13.4. The Morgan fingerprint density at radius 1 is 0.980 bits per heavy atom. The van der Waals surface area contributed by atoms with E-state index in [4.69, 9.17) is 0 Å². The van der Waals surface area contributed by atoms with E-state index in [-0.39, 0.29) is 48.0 Å². The van der Waals surface area contributed by atoms with Gasteiger partial charge in [-0.3, -0.25) is 34.1 Å². The second kappa shape index (κ2) is 14.8. The maximum atomic E-state index is 14.8. The average molecular weight is 727 g/mol. The summed E-state index contributed by atoms with van der Waals surface area (Å²) in [7, 11) is -4.27. The van der Waals surface area contributed by atoms with Crippen molar-refractivity contribution < 1.29 is 46.7 Å². The molecule has 0 saturated carbocycles. The lowest BCUT2D eigenvalue weighted by Crippen LogP contribution is -2.40. The van der Waals surface area contributed by atoms with Gasteiger partial charge in [0, 0.05) is 61.8 Å². The van der Waals surface area contributed by atoms with Gasteiger partial charge in [0.05, 0.1) is 5.92 Å². The number of phenolic OH excluding ortho intramolecular Hbond substituents is 1. The number of imide groups is 1. The van der Waals surface area contributed by atoms with Gasteiger partial charge in [-0.2, -0.15) is 8.42 Å². The second-order valence-corrected chi connectivity index (χ2v) is 15.0. The summed E-state index contributed by atoms with van der Waals surface area (Å²) in [5.41, 5.74) is 1.21. The van der Waals surface area contributed by atoms with Gasteiger partial charge in [0.1, 0.15) is 18.0 Å². The molecule has 2 aromatic rings. The molecule has 272 valence electrons. The number of nitrogens with zero attached hydrogens (tertiary/aromatic N) is 2. The molecule has 2 aromatic carbocycles. The zero-order valence-corrected chi connectivity index (χ0v) is 28.5. The highest BCUT2D eigenvalue weighted by Crippen LogP contribution is 2.35. The van der Waals surface area contributed by atoms with Crippen molar-refractivity contribution in [2.75, 3.05) is 48.9 Å². The van der Waals surface area contributed by atoms with Crippen LogP contribution >= 0.6 is 0 Å². The van der Waals surface area contributed by atoms with Crippen molar-refractivity contribution in [3.8, 4) is 5.75 Å². The number of halogens is 1. The van der Waals surface area contributed by atoms with Gasteiger partial charge in [-0.25, -0.2) is 13.4 Å². The first kappa shape index (κ1) is 35.9. The fourth-order valence-electron chi connectivity index (χ4n) is 7.20. The van der Waals surface area contributed by atoms with Crippen molar-refractivity contribution in [1.29, 1.82) is 0 Å². The first-order valence-electron chi connectivity index (χ1n) is 16.9. The van der Waals surface area contributed by atoms with E-state index in [1.54, 1.807) is 22.9 Å². The Balaban J connectivity index is 0.901. The van der Waals surface area contributed by atoms with Crippen LogP contribution in [0, 0.1) is 23.6 Å². The van der Waals surface area contributed by atoms with Gasteiger partial charge < -0.3 is 20.6 Å². The summed E-state index contributed by atoms with van der Waals surface area (Å²) in [5.74, 6) is -4.79. The van der Waals surface area contributed by atoms with Gasteiger partial charge in [0.25, 0.3) is 5.91 Å². The number of hydrogen-bond acceptors (Lipinski definition) is 11. The fraction of sp³-hybridized carbons (Fsp3) is 0.471. The minimum atomic E-state index is -4.27. The maximum Gasteiger partial charge on any atom is 0.326 e. The molecule has 17 heteroatoms. The quantitative estimate of drug-likeness (QED) is 0.112. The molecule has 3 saturated heterocycles. The number of piperidine rings is 1. The van der Waals surface area contributed by atoms with E-state index in [1.807, 2.05) is 0 Å². The van der Waals surface area contributed by atoms with Gasteiger partial charge in [-0.05, 0) is 80.5 Å². The number of nitrogens with one attached hydrogen (secondary N) is 4. The van der Waals surface area contributed by atoms with Crippen molar-refractivity contribution in [3.05, 3.63) is 52.8 Å². The highest BCUT2D eigenvalue weighted by molar-refractivity contribution is 7.92. The number of amides is 4. The average Bonchev–Trinajstić information content (AvgIpc) is 3.70. The third-order valence-corrected chi connectivity index (χ3v) is 11.2. The van der Waals surface area contributed by atoms with E-state index in [2.05, 4.69) is 20.9 Å². The van der Waals surface area contributed by atoms with Crippen LogP contribution in [0.1, 0.15) is 64.8 Å². The van der Waals surface area contributed by atoms with Crippen LogP contribution in [-0.4, -0.2) is 92.9 Å². The molecular weight excluding hydrogens is 687 g/mol. The molecular formula is C34H39FN6O9S. The predicted octanol–water partition coefficient (Wildman–Crippen LogP) is 1.02. The number of anilines is 2. The van der Waals surface area contributed by atoms with Crippen LogP contribution in [0.3, 0.4) is 0 Å². The molecule has 0 spiro atoms. The molecule has 4 amide bonds. The molecule has 1 aliphatic carbocycles. The molecule has 0 aromatic heterocycles. The summed E-state index contributed by atoms with van der Waals surface area (Å²) in [4.78, 5) is 75.8. The van der Waals surface area contributed by atoms with E-state index in [0.717, 1.165) is 19.0 Å². The number of ketones is 2. The fourth-order valence-corrected chi connectivity index (χ4v) is 8.37. The largest absolute Gasteiger partial charge is 0.506 e. The van der Waals surface area contributed by atoms with Crippen molar-refractivity contribution in [1.82, 2.24) is 20.3 Å². The van der Waals surface area contributed by atoms with E-state index in [9.17, 15) is 46.7 Å². The predicted molar refractivity (Wildman–Crippen MR) is 181 cm³/mol. The Morgan fingerprint density at radius 2 is 1.76 bits per heavy atom. The number of rotatable bonds is 13. The number of carbonyl (C=O) groups excluding carboxylic acids is 6. The van der Waals surface area contributed by atoms with Crippen molar-refractivity contribution >= 4 is 56.8 Å². The molecule has 3 atom stereocenters. The number of aromatic hydroxyl groups is 1. The van der Waals surface area contributed by atoms with Gasteiger partial charge in [-0.15, -0.1) is 0 Å². The summed E-state index contributed by atoms with van der Waals surface area (Å²) in [6.07, 6.45) is 2.75. The summed E-state index contributed by atoms with van der Waals surface area (Å²) >= 11 is 0. The van der Waals surface area contributed by atoms with Gasteiger partial charge in [0.2, 0.25) is 17.7 Å². The molecule has 3 aliphatic heterocycles. The highest BCUT2D eigenvalue weighted by Gasteiger charge is 2.40. The van der Waals surface area contributed by atoms with Gasteiger partial charge >= 0.3 is 10.2 Å². The maximum absolute atomic E-state index is 14.8. The monoisotopic (exact) mass is 726 g/mol. The first-order chi connectivity index (χ1) is 24.3. The zero-order valence-electron chi connectivity index (χ0n) is 27.7. The molecule has 3 fully saturated rings. The molecule has 3 heterocycles. The van der Waals surface area contributed by atoms with E-state index in [1.165, 1.54) is 6.07 Å². The lowest BCUT2D eigenvalue weighted by atomic mass is 9.88. The SMILES string of the molecule is O=C(C[C@@H]1CCN(CCc2cc(O)c(N3CC(=O)NS3(=O)=O)c(F)c2)C1)NCCNc1ccc2c(c1)C(=O)C(CCC1CCC(=O)NC1=O)C2=O. The normalized spacial score (nSPS) is 23.0. The van der Waals surface area contributed by atoms with Gasteiger partial charge in [0.15, 0.2) is 17.4 Å². The Bertz CT molecular complexity index is 1880. The Kier molecular flexibility index (Phi) is 10.4. The minimum Gasteiger partial charge on any atom is -0.506 e. The molecule has 0 radical (unpaired) electrons. The molecule has 51 heavy (non-hydrogen) atoms. The third-order valence-electron chi connectivity index (χ3n) is 9.85. The number of phenols is 1. The Hall–Kier alpha value is -4.90. The summed E-state index contributed by atoms with van der Waals surface area (Å²) in [5, 5.41) is 18.8. The number of likely N-dealkylation sites (tertiary alicyclic amines) is 1. The van der Waals surface area contributed by atoms with Crippen molar-refractivity contribution in [2.45, 2.75) is 44.9 Å². The lowest BCUT2D eigenvalue weighted by Gasteiger charge is -2.21. The summed E-state index contributed by atoms with van der Waals surface area (Å²) in [6.45, 7) is 2.04. The molecule has 2 unspecified atom stereocenters. The van der Waals surface area contributed by atoms with Crippen LogP contribution in [0.25, 0.3) is 0 Å². The van der Waals surface area contributed by atoms with Crippen LogP contribution < -0.4 is 25.0 Å². The van der Waals surface area contributed by atoms with E-state index in [0.29, 0.717) is 78.5 Å². The molecule has 4 aliphatic rings. The van der Waals surface area contributed by atoms with E-state index >= 15 is 0 Å². The number of fused-ring (bicyclic) bond motifs is 1. The topological polar surface area (TPSA) is 211 Å². The molecule has 6 rings (SSSR count). The van der Waals surface area contributed by atoms with Crippen LogP contribution in [0.15, 0.2) is 30.3 Å². The minimum absolute atomic E-state index is 0.107. The molecule has 5 N–H and O–H groups in total. The number of Topliss-reactive ketones (excluding diaryl/α,β-unsaturated/α-hetero) is 2. The van der Waals surface area contributed by atoms with Crippen LogP contribution in [0.2, 0.25) is 0 Å². The van der Waals surface area contributed by atoms with E-state index < -0.39 is 51.8 Å². The van der Waals surface area contributed by atoms with Crippen molar-refractivity contribution in [3.63, 3.8) is 0 Å². The van der Waals surface area contributed by atoms with Crippen LogP contribution in [0.4, 0.5) is 15.8 Å². The molecule has 0 bridgehead atoms. The first-order valence-corrected chi connectivity index (χ1v) is 18.4.